The van der Waals surface area contributed by atoms with Crippen molar-refractivity contribution in [3.8, 4) is 5.69 Å². The van der Waals surface area contributed by atoms with Gasteiger partial charge in [-0.3, -0.25) is 4.79 Å². The van der Waals surface area contributed by atoms with Gasteiger partial charge in [0.1, 0.15) is 5.39 Å². The minimum atomic E-state index is -0.219. The first-order valence-electron chi connectivity index (χ1n) is 8.26. The van der Waals surface area contributed by atoms with E-state index in [4.69, 9.17) is 4.42 Å². The monoisotopic (exact) mass is 366 g/mol. The second-order valence-electron chi connectivity index (χ2n) is 6.10. The molecule has 5 rings (SSSR count). The van der Waals surface area contributed by atoms with Gasteiger partial charge < -0.3 is 9.40 Å². The Morgan fingerprint density at radius 1 is 1.23 bits per heavy atom. The van der Waals surface area contributed by atoms with E-state index in [-0.39, 0.29) is 5.56 Å². The summed E-state index contributed by atoms with van der Waals surface area (Å²) < 4.78 is 7.30. The van der Waals surface area contributed by atoms with Crippen molar-refractivity contribution in [1.82, 2.24) is 29.9 Å². The molecule has 130 valence electrons. The van der Waals surface area contributed by atoms with Crippen LogP contribution in [0, 0.1) is 0 Å². The molecular formula is C17H14N6O2S. The molecule has 1 aromatic carbocycles. The number of thioether (sulfide) groups is 1. The van der Waals surface area contributed by atoms with E-state index in [0.717, 1.165) is 18.5 Å². The number of rotatable bonds is 5. The van der Waals surface area contributed by atoms with E-state index < -0.39 is 0 Å². The lowest BCUT2D eigenvalue weighted by Crippen LogP contribution is -2.09. The van der Waals surface area contributed by atoms with Gasteiger partial charge in [-0.15, -0.1) is 10.2 Å². The summed E-state index contributed by atoms with van der Waals surface area (Å²) in [6.45, 7) is 0. The number of aromatic nitrogens is 6. The molecule has 0 amide bonds. The van der Waals surface area contributed by atoms with E-state index in [1.807, 2.05) is 30.3 Å². The molecule has 9 heteroatoms. The Kier molecular flexibility index (Phi) is 3.59. The number of nitrogens with zero attached hydrogens (tertiary/aromatic N) is 5. The quantitative estimate of drug-likeness (QED) is 0.428. The van der Waals surface area contributed by atoms with Crippen molar-refractivity contribution in [3.63, 3.8) is 0 Å². The summed E-state index contributed by atoms with van der Waals surface area (Å²) in [5, 5.41) is 13.4. The molecule has 0 spiro atoms. The van der Waals surface area contributed by atoms with Crippen LogP contribution in [0.4, 0.5) is 0 Å². The number of para-hydroxylation sites is 1. The van der Waals surface area contributed by atoms with Crippen LogP contribution in [0.25, 0.3) is 16.7 Å². The third-order valence-electron chi connectivity index (χ3n) is 4.16. The minimum absolute atomic E-state index is 0.219. The topological polar surface area (TPSA) is 102 Å². The highest BCUT2D eigenvalue weighted by atomic mass is 32.2. The molecule has 8 nitrogen and oxygen atoms in total. The number of hydrogen-bond acceptors (Lipinski definition) is 7. The first-order chi connectivity index (χ1) is 12.8. The van der Waals surface area contributed by atoms with Gasteiger partial charge in [-0.05, 0) is 25.0 Å². The zero-order valence-corrected chi connectivity index (χ0v) is 14.4. The second kappa shape index (κ2) is 6.10. The average Bonchev–Trinajstić information content (AvgIpc) is 3.25. The Morgan fingerprint density at radius 2 is 2.08 bits per heavy atom. The Hall–Kier alpha value is -2.94. The van der Waals surface area contributed by atoms with E-state index in [9.17, 15) is 4.79 Å². The second-order valence-corrected chi connectivity index (χ2v) is 7.06. The smallest absolute Gasteiger partial charge is 0.262 e. The molecule has 0 radical (unpaired) electrons. The number of fused-ring (bicyclic) bond motifs is 1. The third-order valence-corrected chi connectivity index (χ3v) is 5.02. The van der Waals surface area contributed by atoms with Crippen molar-refractivity contribution in [3.05, 3.63) is 58.7 Å². The van der Waals surface area contributed by atoms with E-state index in [0.29, 0.717) is 39.6 Å². The van der Waals surface area contributed by atoms with Crippen LogP contribution in [0.15, 0.2) is 50.9 Å². The van der Waals surface area contributed by atoms with Crippen LogP contribution in [0.5, 0.6) is 0 Å². The molecule has 0 aliphatic heterocycles. The molecule has 0 unspecified atom stereocenters. The van der Waals surface area contributed by atoms with Gasteiger partial charge in [-0.1, -0.05) is 30.0 Å². The molecule has 1 fully saturated rings. The van der Waals surface area contributed by atoms with Crippen LogP contribution in [-0.2, 0) is 5.75 Å². The van der Waals surface area contributed by atoms with Gasteiger partial charge in [-0.25, -0.2) is 9.67 Å². The van der Waals surface area contributed by atoms with Crippen molar-refractivity contribution in [2.45, 2.75) is 29.7 Å². The number of H-pyrrole nitrogens is 1. The van der Waals surface area contributed by atoms with Gasteiger partial charge in [0.2, 0.25) is 11.8 Å². The Balaban J connectivity index is 1.45. The number of nitrogens with one attached hydrogen (secondary N) is 1. The fraction of sp³-hybridized carbons (Fsp3) is 0.235. The maximum absolute atomic E-state index is 12.3. The SMILES string of the molecule is O=c1[nH]c(SCc2nnc(C3CC3)o2)nc2c1cnn2-c1ccccc1. The van der Waals surface area contributed by atoms with Crippen LogP contribution in [0.2, 0.25) is 0 Å². The van der Waals surface area contributed by atoms with E-state index in [1.54, 1.807) is 4.68 Å². The molecule has 26 heavy (non-hydrogen) atoms. The summed E-state index contributed by atoms with van der Waals surface area (Å²) in [6.07, 6.45) is 3.76. The number of aromatic amines is 1. The van der Waals surface area contributed by atoms with Crippen molar-refractivity contribution in [2.24, 2.45) is 0 Å². The molecular weight excluding hydrogens is 352 g/mol. The van der Waals surface area contributed by atoms with Crippen LogP contribution in [0.1, 0.15) is 30.5 Å². The van der Waals surface area contributed by atoms with Gasteiger partial charge in [0.05, 0.1) is 17.6 Å². The summed E-state index contributed by atoms with van der Waals surface area (Å²) in [4.78, 5) is 19.7. The normalized spacial score (nSPS) is 14.2. The van der Waals surface area contributed by atoms with Gasteiger partial charge >= 0.3 is 0 Å². The lowest BCUT2D eigenvalue weighted by Gasteiger charge is -2.03. The van der Waals surface area contributed by atoms with Gasteiger partial charge in [0.15, 0.2) is 10.8 Å². The Morgan fingerprint density at radius 3 is 2.88 bits per heavy atom. The standard InChI is InChI=1S/C17H14N6O2S/c24-15-12-8-18-23(11-4-2-1-3-5-11)14(12)19-17(20-15)26-9-13-21-22-16(25-13)10-6-7-10/h1-5,8,10H,6-7,9H2,(H,19,20,24). The maximum Gasteiger partial charge on any atom is 0.262 e. The predicted octanol–water partition coefficient (Wildman–Crippen LogP) is 2.66. The molecule has 3 aromatic heterocycles. The predicted molar refractivity (Wildman–Crippen MR) is 95.3 cm³/mol. The summed E-state index contributed by atoms with van der Waals surface area (Å²) in [5.74, 6) is 2.12. The molecule has 0 atom stereocenters. The largest absolute Gasteiger partial charge is 0.424 e. The average molecular weight is 366 g/mol. The zero-order chi connectivity index (χ0) is 17.5. The first kappa shape index (κ1) is 15.3. The summed E-state index contributed by atoms with van der Waals surface area (Å²) in [5.41, 5.74) is 1.15. The molecule has 3 heterocycles. The van der Waals surface area contributed by atoms with Crippen LogP contribution >= 0.6 is 11.8 Å². The Labute approximate surface area is 151 Å². The molecule has 1 N–H and O–H groups in total. The van der Waals surface area contributed by atoms with Crippen molar-refractivity contribution >= 4 is 22.8 Å². The zero-order valence-electron chi connectivity index (χ0n) is 13.6. The molecule has 4 aromatic rings. The lowest BCUT2D eigenvalue weighted by molar-refractivity contribution is 0.466. The fourth-order valence-corrected chi connectivity index (χ4v) is 3.37. The highest BCUT2D eigenvalue weighted by Gasteiger charge is 2.29. The molecule has 1 aliphatic rings. The Bertz CT molecular complexity index is 1130. The van der Waals surface area contributed by atoms with Crippen molar-refractivity contribution in [2.75, 3.05) is 0 Å². The molecule has 1 aliphatic carbocycles. The fourth-order valence-electron chi connectivity index (χ4n) is 2.68. The van der Waals surface area contributed by atoms with Gasteiger partial charge in [0, 0.05) is 5.92 Å². The van der Waals surface area contributed by atoms with Gasteiger partial charge in [-0.2, -0.15) is 5.10 Å². The van der Waals surface area contributed by atoms with Crippen LogP contribution in [-0.4, -0.2) is 29.9 Å². The molecule has 1 saturated carbocycles. The third kappa shape index (κ3) is 2.80. The maximum atomic E-state index is 12.3. The number of benzene rings is 1. The van der Waals surface area contributed by atoms with Crippen LogP contribution < -0.4 is 5.56 Å². The lowest BCUT2D eigenvalue weighted by atomic mass is 10.3. The minimum Gasteiger partial charge on any atom is -0.424 e. The van der Waals surface area contributed by atoms with Crippen molar-refractivity contribution in [1.29, 1.82) is 0 Å². The summed E-state index contributed by atoms with van der Waals surface area (Å²) in [6, 6.07) is 9.59. The number of hydrogen-bond donors (Lipinski definition) is 1. The summed E-state index contributed by atoms with van der Waals surface area (Å²) in [7, 11) is 0. The van der Waals surface area contributed by atoms with E-state index in [1.165, 1.54) is 18.0 Å². The molecule has 0 saturated heterocycles. The van der Waals surface area contributed by atoms with E-state index >= 15 is 0 Å². The van der Waals surface area contributed by atoms with E-state index in [2.05, 4.69) is 25.3 Å². The molecule has 0 bridgehead atoms. The first-order valence-corrected chi connectivity index (χ1v) is 9.25. The highest BCUT2D eigenvalue weighted by Crippen LogP contribution is 2.39. The van der Waals surface area contributed by atoms with Crippen LogP contribution in [0.3, 0.4) is 0 Å². The van der Waals surface area contributed by atoms with Gasteiger partial charge in [0.25, 0.3) is 5.56 Å². The summed E-state index contributed by atoms with van der Waals surface area (Å²) >= 11 is 1.35. The highest BCUT2D eigenvalue weighted by molar-refractivity contribution is 7.98. The van der Waals surface area contributed by atoms with Crippen molar-refractivity contribution < 1.29 is 4.42 Å².